The summed E-state index contributed by atoms with van der Waals surface area (Å²) in [4.78, 5) is 22.8. The van der Waals surface area contributed by atoms with Crippen molar-refractivity contribution in [3.05, 3.63) is 11.6 Å². The maximum Gasteiger partial charge on any atom is 0.248 e. The minimum Gasteiger partial charge on any atom is -0.357 e. The zero-order valence-electron chi connectivity index (χ0n) is 13.4. The Morgan fingerprint density at radius 2 is 1.63 bits per heavy atom. The average molecular weight is 269 g/mol. The molecule has 0 aromatic heterocycles. The SMILES string of the molecule is CC(C)(C)C=O.COC1C(C(C)(C)C)=CC(=O)N1C. The molecule has 110 valence electrons. The molecule has 0 spiro atoms. The lowest BCUT2D eigenvalue weighted by Gasteiger charge is -2.28. The Hall–Kier alpha value is -1.16. The van der Waals surface area contributed by atoms with Gasteiger partial charge in [-0.05, 0) is 11.0 Å². The molecule has 0 N–H and O–H groups in total. The van der Waals surface area contributed by atoms with Crippen molar-refractivity contribution in [3.63, 3.8) is 0 Å². The van der Waals surface area contributed by atoms with Gasteiger partial charge in [-0.3, -0.25) is 4.79 Å². The van der Waals surface area contributed by atoms with E-state index in [1.54, 1.807) is 25.1 Å². The van der Waals surface area contributed by atoms with Crippen LogP contribution in [0.1, 0.15) is 41.5 Å². The van der Waals surface area contributed by atoms with Crippen LogP contribution in [-0.2, 0) is 14.3 Å². The second-order valence-electron chi connectivity index (χ2n) is 6.87. The summed E-state index contributed by atoms with van der Waals surface area (Å²) < 4.78 is 5.27. The Balaban J connectivity index is 0.000000459. The molecule has 1 aliphatic heterocycles. The first kappa shape index (κ1) is 17.8. The monoisotopic (exact) mass is 269 g/mol. The summed E-state index contributed by atoms with van der Waals surface area (Å²) in [6.45, 7) is 11.9. The van der Waals surface area contributed by atoms with Crippen LogP contribution in [0.25, 0.3) is 0 Å². The first-order valence-electron chi connectivity index (χ1n) is 6.42. The fraction of sp³-hybridized carbons (Fsp3) is 0.733. The first-order chi connectivity index (χ1) is 8.44. The molecule has 0 saturated carbocycles. The van der Waals surface area contributed by atoms with Crippen LogP contribution in [-0.4, -0.2) is 37.5 Å². The van der Waals surface area contributed by atoms with Crippen molar-refractivity contribution < 1.29 is 14.3 Å². The lowest BCUT2D eigenvalue weighted by molar-refractivity contribution is -0.130. The van der Waals surface area contributed by atoms with E-state index < -0.39 is 0 Å². The Labute approximate surface area is 116 Å². The lowest BCUT2D eigenvalue weighted by atomic mass is 9.86. The molecule has 0 aromatic rings. The third kappa shape index (κ3) is 5.55. The van der Waals surface area contributed by atoms with E-state index in [1.165, 1.54) is 0 Å². The first-order valence-corrected chi connectivity index (χ1v) is 6.42. The molecule has 0 radical (unpaired) electrons. The van der Waals surface area contributed by atoms with Gasteiger partial charge in [0.2, 0.25) is 5.91 Å². The van der Waals surface area contributed by atoms with Crippen LogP contribution < -0.4 is 0 Å². The topological polar surface area (TPSA) is 46.6 Å². The van der Waals surface area contributed by atoms with Gasteiger partial charge in [0.15, 0.2) is 6.23 Å². The summed E-state index contributed by atoms with van der Waals surface area (Å²) in [5.41, 5.74) is 0.892. The van der Waals surface area contributed by atoms with Gasteiger partial charge in [0.25, 0.3) is 0 Å². The number of hydrogen-bond acceptors (Lipinski definition) is 3. The number of hydrogen-bond donors (Lipinski definition) is 0. The van der Waals surface area contributed by atoms with Crippen LogP contribution in [0.3, 0.4) is 0 Å². The predicted molar refractivity (Wildman–Crippen MR) is 76.6 cm³/mol. The van der Waals surface area contributed by atoms with E-state index in [9.17, 15) is 9.59 Å². The molecule has 1 aliphatic rings. The molecular weight excluding hydrogens is 242 g/mol. The molecule has 19 heavy (non-hydrogen) atoms. The van der Waals surface area contributed by atoms with Gasteiger partial charge in [0.05, 0.1) is 0 Å². The van der Waals surface area contributed by atoms with Crippen molar-refractivity contribution in [3.8, 4) is 0 Å². The molecular formula is C15H27NO3. The van der Waals surface area contributed by atoms with Crippen LogP contribution in [0.4, 0.5) is 0 Å². The summed E-state index contributed by atoms with van der Waals surface area (Å²) in [6.07, 6.45) is 2.42. The lowest BCUT2D eigenvalue weighted by Crippen LogP contribution is -2.35. The molecule has 1 atom stereocenters. The van der Waals surface area contributed by atoms with Crippen molar-refractivity contribution in [1.82, 2.24) is 4.90 Å². The second kappa shape index (κ2) is 6.33. The van der Waals surface area contributed by atoms with E-state index in [4.69, 9.17) is 4.74 Å². The summed E-state index contributed by atoms with van der Waals surface area (Å²) in [6, 6.07) is 0. The van der Waals surface area contributed by atoms with E-state index in [0.29, 0.717) is 0 Å². The van der Waals surface area contributed by atoms with Crippen LogP contribution in [0.15, 0.2) is 11.6 Å². The maximum atomic E-state index is 11.4. The number of carbonyl (C=O) groups excluding carboxylic acids is 2. The van der Waals surface area contributed by atoms with E-state index >= 15 is 0 Å². The molecule has 1 unspecified atom stereocenters. The third-order valence-electron chi connectivity index (χ3n) is 2.69. The minimum atomic E-state index is -0.188. The highest BCUT2D eigenvalue weighted by atomic mass is 16.5. The van der Waals surface area contributed by atoms with Crippen molar-refractivity contribution in [2.75, 3.05) is 14.2 Å². The molecule has 0 bridgehead atoms. The van der Waals surface area contributed by atoms with Crippen LogP contribution in [0.5, 0.6) is 0 Å². The fourth-order valence-electron chi connectivity index (χ4n) is 1.50. The standard InChI is InChI=1S/C10H17NO2.C5H10O/c1-10(2,3)7-6-8(12)11(4)9(7)13-5;1-5(2,3)4-6/h6,9H,1-5H3;4H,1-3H3. The zero-order valence-corrected chi connectivity index (χ0v) is 13.4. The maximum absolute atomic E-state index is 11.4. The Morgan fingerprint density at radius 1 is 1.21 bits per heavy atom. The zero-order chi connectivity index (χ0) is 15.4. The largest absolute Gasteiger partial charge is 0.357 e. The smallest absolute Gasteiger partial charge is 0.248 e. The van der Waals surface area contributed by atoms with Crippen molar-refractivity contribution in [1.29, 1.82) is 0 Å². The number of aldehydes is 1. The molecule has 1 heterocycles. The van der Waals surface area contributed by atoms with Crippen molar-refractivity contribution in [2.24, 2.45) is 10.8 Å². The second-order valence-corrected chi connectivity index (χ2v) is 6.87. The van der Waals surface area contributed by atoms with E-state index in [1.807, 2.05) is 20.8 Å². The predicted octanol–water partition coefficient (Wildman–Crippen LogP) is 2.63. The molecule has 1 rings (SSSR count). The van der Waals surface area contributed by atoms with Crippen molar-refractivity contribution >= 4 is 12.2 Å². The Morgan fingerprint density at radius 3 is 1.84 bits per heavy atom. The van der Waals surface area contributed by atoms with E-state index in [2.05, 4.69) is 20.8 Å². The number of nitrogens with zero attached hydrogens (tertiary/aromatic N) is 1. The number of ether oxygens (including phenoxy) is 1. The highest BCUT2D eigenvalue weighted by Gasteiger charge is 2.35. The summed E-state index contributed by atoms with van der Waals surface area (Å²) >= 11 is 0. The number of likely N-dealkylation sites (N-methyl/N-ethyl adjacent to an activating group) is 1. The molecule has 4 heteroatoms. The van der Waals surface area contributed by atoms with Crippen LogP contribution in [0.2, 0.25) is 0 Å². The highest BCUT2D eigenvalue weighted by Crippen LogP contribution is 2.33. The number of carbonyl (C=O) groups is 2. The summed E-state index contributed by atoms with van der Waals surface area (Å²) in [5.74, 6) is 0.0248. The number of amides is 1. The van der Waals surface area contributed by atoms with E-state index in [0.717, 1.165) is 11.9 Å². The molecule has 4 nitrogen and oxygen atoms in total. The summed E-state index contributed by atoms with van der Waals surface area (Å²) in [7, 11) is 3.38. The van der Waals surface area contributed by atoms with Gasteiger partial charge in [-0.15, -0.1) is 0 Å². The molecule has 0 fully saturated rings. The number of rotatable bonds is 1. The summed E-state index contributed by atoms with van der Waals surface area (Å²) in [5, 5.41) is 0. The van der Waals surface area contributed by atoms with Gasteiger partial charge >= 0.3 is 0 Å². The van der Waals surface area contributed by atoms with Gasteiger partial charge < -0.3 is 14.4 Å². The van der Waals surface area contributed by atoms with Gasteiger partial charge in [0, 0.05) is 25.6 Å². The molecule has 0 aliphatic carbocycles. The van der Waals surface area contributed by atoms with Gasteiger partial charge in [-0.25, -0.2) is 0 Å². The minimum absolute atomic E-state index is 0.0128. The van der Waals surface area contributed by atoms with Gasteiger partial charge in [-0.1, -0.05) is 41.5 Å². The Bertz CT molecular complexity index is 359. The third-order valence-corrected chi connectivity index (χ3v) is 2.69. The molecule has 1 amide bonds. The average Bonchev–Trinajstić information content (AvgIpc) is 2.55. The quantitative estimate of drug-likeness (QED) is 0.687. The number of methoxy groups -OCH3 is 1. The normalized spacial score (nSPS) is 19.8. The molecule has 0 saturated heterocycles. The van der Waals surface area contributed by atoms with Gasteiger partial charge in [0.1, 0.15) is 6.29 Å². The van der Waals surface area contributed by atoms with Crippen LogP contribution in [0, 0.1) is 10.8 Å². The molecule has 0 aromatic carbocycles. The fourth-order valence-corrected chi connectivity index (χ4v) is 1.50. The van der Waals surface area contributed by atoms with Gasteiger partial charge in [-0.2, -0.15) is 0 Å². The van der Waals surface area contributed by atoms with Crippen LogP contribution >= 0.6 is 0 Å². The van der Waals surface area contributed by atoms with Crippen molar-refractivity contribution in [2.45, 2.75) is 47.8 Å². The Kier molecular flexibility index (Phi) is 5.94. The van der Waals surface area contributed by atoms with E-state index in [-0.39, 0.29) is 23.0 Å². The highest BCUT2D eigenvalue weighted by molar-refractivity contribution is 5.91.